The Kier molecular flexibility index (Phi) is 6.14. The van der Waals surface area contributed by atoms with Gasteiger partial charge in [-0.3, -0.25) is 9.59 Å². The van der Waals surface area contributed by atoms with Crippen molar-refractivity contribution in [2.24, 2.45) is 17.2 Å². The van der Waals surface area contributed by atoms with Crippen LogP contribution in [0.4, 0.5) is 5.82 Å². The van der Waals surface area contributed by atoms with E-state index in [0.717, 1.165) is 5.69 Å². The Morgan fingerprint density at radius 2 is 2.15 bits per heavy atom. The number of amides is 2. The van der Waals surface area contributed by atoms with Crippen LogP contribution in [0.5, 0.6) is 5.75 Å². The molecule has 4 rings (SSSR count). The lowest BCUT2D eigenvalue weighted by Crippen LogP contribution is -2.62. The molecule has 0 saturated carbocycles. The van der Waals surface area contributed by atoms with Gasteiger partial charge in [0.2, 0.25) is 11.8 Å². The van der Waals surface area contributed by atoms with Crippen LogP contribution in [0.15, 0.2) is 18.2 Å². The maximum Gasteiger partial charge on any atom is 0.248 e. The first kappa shape index (κ1) is 23.2. The zero-order valence-electron chi connectivity index (χ0n) is 18.7. The molecule has 2 aliphatic rings. The van der Waals surface area contributed by atoms with Gasteiger partial charge in [-0.2, -0.15) is 5.10 Å². The van der Waals surface area contributed by atoms with Crippen molar-refractivity contribution in [2.75, 3.05) is 25.1 Å². The number of aliphatic hydroxyl groups excluding tert-OH is 1. The summed E-state index contributed by atoms with van der Waals surface area (Å²) in [7, 11) is 0. The molecule has 2 amide bonds. The average molecular weight is 459 g/mol. The van der Waals surface area contributed by atoms with Crippen molar-refractivity contribution >= 4 is 17.6 Å². The number of primary amides is 1. The van der Waals surface area contributed by atoms with Gasteiger partial charge in [-0.25, -0.2) is 4.68 Å². The number of rotatable bonds is 8. The van der Waals surface area contributed by atoms with Crippen LogP contribution in [0, 0.1) is 6.92 Å². The molecule has 0 radical (unpaired) electrons. The number of benzene rings is 1. The largest absolute Gasteiger partial charge is 0.491 e. The van der Waals surface area contributed by atoms with Gasteiger partial charge in [0.15, 0.2) is 0 Å². The third kappa shape index (κ3) is 3.76. The standard InChI is InChI=1S/C22H30N6O5/c1-3-28-16(7-11(2)27-28)26-21(31)22(25)18-15(32-6-4-5-29)10-33-14-9-12(20(24)30)8-13(17(14)18)19(22)23/h7-9,15,18-19,29H,3-6,10,23,25H2,1-2H3,(H2,24,30)(H,26,31)/t15-,18?,19?,22+/m1/s1. The quantitative estimate of drug-likeness (QED) is 0.340. The minimum absolute atomic E-state index is 0.0316. The van der Waals surface area contributed by atoms with Gasteiger partial charge in [-0.05, 0) is 38.0 Å². The number of ether oxygens (including phenoxy) is 2. The number of nitrogens with two attached hydrogens (primary N) is 3. The predicted molar refractivity (Wildman–Crippen MR) is 120 cm³/mol. The van der Waals surface area contributed by atoms with Crippen molar-refractivity contribution in [1.82, 2.24) is 9.78 Å². The summed E-state index contributed by atoms with van der Waals surface area (Å²) in [4.78, 5) is 25.6. The SMILES string of the molecule is CCn1nc(C)cc1NC(=O)[C@@]1(N)C(N)c2cc(C(N)=O)cc3c2C1[C@H](OCCCO)CO3. The number of nitrogens with one attached hydrogen (secondary N) is 1. The third-order valence-corrected chi connectivity index (χ3v) is 6.38. The van der Waals surface area contributed by atoms with Gasteiger partial charge in [0.25, 0.3) is 0 Å². The van der Waals surface area contributed by atoms with Crippen LogP contribution in [-0.4, -0.2) is 58.2 Å². The Morgan fingerprint density at radius 1 is 1.39 bits per heavy atom. The molecule has 8 N–H and O–H groups in total. The summed E-state index contributed by atoms with van der Waals surface area (Å²) in [5.41, 5.74) is 19.5. The van der Waals surface area contributed by atoms with E-state index in [9.17, 15) is 9.59 Å². The second-order valence-electron chi connectivity index (χ2n) is 8.47. The van der Waals surface area contributed by atoms with Crippen LogP contribution in [0.3, 0.4) is 0 Å². The van der Waals surface area contributed by atoms with Crippen molar-refractivity contribution in [2.45, 2.75) is 50.4 Å². The molecule has 0 fully saturated rings. The van der Waals surface area contributed by atoms with Crippen LogP contribution in [0.25, 0.3) is 0 Å². The molecule has 4 atom stereocenters. The van der Waals surface area contributed by atoms with Crippen molar-refractivity contribution in [1.29, 1.82) is 0 Å². The number of carbonyl (C=O) groups is 2. The van der Waals surface area contributed by atoms with Crippen molar-refractivity contribution in [3.05, 3.63) is 40.6 Å². The molecule has 2 heterocycles. The molecule has 33 heavy (non-hydrogen) atoms. The van der Waals surface area contributed by atoms with E-state index in [1.807, 2.05) is 13.8 Å². The predicted octanol–water partition coefficient (Wildman–Crippen LogP) is -0.0965. The number of carbonyl (C=O) groups excluding carboxylic acids is 2. The van der Waals surface area contributed by atoms with Gasteiger partial charge in [0.05, 0.1) is 11.7 Å². The molecule has 1 aliphatic carbocycles. The molecule has 2 aromatic rings. The Balaban J connectivity index is 1.77. The van der Waals surface area contributed by atoms with Crippen molar-refractivity contribution < 1.29 is 24.2 Å². The Bertz CT molecular complexity index is 1090. The minimum Gasteiger partial charge on any atom is -0.491 e. The van der Waals surface area contributed by atoms with E-state index in [1.165, 1.54) is 0 Å². The van der Waals surface area contributed by atoms with Crippen LogP contribution in [0.1, 0.15) is 52.5 Å². The summed E-state index contributed by atoms with van der Waals surface area (Å²) in [6.45, 7) is 4.65. The average Bonchev–Trinajstić information content (AvgIpc) is 3.26. The van der Waals surface area contributed by atoms with Crippen molar-refractivity contribution in [3.63, 3.8) is 0 Å². The maximum atomic E-state index is 13.7. The van der Waals surface area contributed by atoms with Gasteiger partial charge in [-0.1, -0.05) is 0 Å². The van der Waals surface area contributed by atoms with Crippen molar-refractivity contribution in [3.8, 4) is 5.75 Å². The van der Waals surface area contributed by atoms with E-state index in [4.69, 9.17) is 31.8 Å². The minimum atomic E-state index is -1.60. The Labute approximate surface area is 191 Å². The zero-order chi connectivity index (χ0) is 23.9. The molecule has 0 saturated heterocycles. The fraction of sp³-hybridized carbons (Fsp3) is 0.500. The number of hydrogen-bond donors (Lipinski definition) is 5. The highest BCUT2D eigenvalue weighted by molar-refractivity contribution is 6.01. The first-order chi connectivity index (χ1) is 15.7. The highest BCUT2D eigenvalue weighted by Crippen LogP contribution is 2.54. The molecule has 2 unspecified atom stereocenters. The summed E-state index contributed by atoms with van der Waals surface area (Å²) in [5, 5.41) is 16.4. The zero-order valence-corrected chi connectivity index (χ0v) is 18.7. The number of aryl methyl sites for hydroxylation is 2. The van der Waals surface area contributed by atoms with Gasteiger partial charge >= 0.3 is 0 Å². The van der Waals surface area contributed by atoms with Crippen LogP contribution < -0.4 is 27.3 Å². The molecule has 1 aromatic heterocycles. The van der Waals surface area contributed by atoms with E-state index < -0.39 is 35.4 Å². The van der Waals surface area contributed by atoms with Crippen LogP contribution in [0.2, 0.25) is 0 Å². The molecular weight excluding hydrogens is 428 g/mol. The Morgan fingerprint density at radius 3 is 2.82 bits per heavy atom. The first-order valence-electron chi connectivity index (χ1n) is 11.0. The molecular formula is C22H30N6O5. The fourth-order valence-corrected chi connectivity index (χ4v) is 4.79. The molecule has 0 bridgehead atoms. The second kappa shape index (κ2) is 8.75. The van der Waals surface area contributed by atoms with Crippen LogP contribution >= 0.6 is 0 Å². The van der Waals surface area contributed by atoms with E-state index in [1.54, 1.807) is 22.9 Å². The highest BCUT2D eigenvalue weighted by Gasteiger charge is 2.60. The van der Waals surface area contributed by atoms with E-state index >= 15 is 0 Å². The van der Waals surface area contributed by atoms with E-state index in [2.05, 4.69) is 10.4 Å². The third-order valence-electron chi connectivity index (χ3n) is 6.38. The number of nitrogens with zero attached hydrogens (tertiary/aromatic N) is 2. The maximum absolute atomic E-state index is 13.7. The molecule has 1 aliphatic heterocycles. The van der Waals surface area contributed by atoms with Gasteiger partial charge in [0.1, 0.15) is 29.8 Å². The topological polar surface area (TPSA) is 181 Å². The lowest BCUT2D eigenvalue weighted by atomic mass is 9.78. The van der Waals surface area contributed by atoms with Gasteiger partial charge in [0, 0.05) is 42.9 Å². The molecule has 0 spiro atoms. The molecule has 11 heteroatoms. The number of aromatic nitrogens is 2. The number of hydrogen-bond acceptors (Lipinski definition) is 8. The Hall–Kier alpha value is -2.99. The molecule has 11 nitrogen and oxygen atoms in total. The second-order valence-corrected chi connectivity index (χ2v) is 8.47. The van der Waals surface area contributed by atoms with Crippen LogP contribution in [-0.2, 0) is 16.1 Å². The molecule has 178 valence electrons. The summed E-state index contributed by atoms with van der Waals surface area (Å²) in [6, 6.07) is 3.93. The van der Waals surface area contributed by atoms with Gasteiger partial charge in [-0.15, -0.1) is 0 Å². The normalized spacial score (nSPS) is 25.4. The summed E-state index contributed by atoms with van der Waals surface area (Å²) in [5.74, 6) is -0.834. The molecule has 1 aromatic carbocycles. The lowest BCUT2D eigenvalue weighted by Gasteiger charge is -2.40. The first-order valence-corrected chi connectivity index (χ1v) is 11.0. The monoisotopic (exact) mass is 458 g/mol. The summed E-state index contributed by atoms with van der Waals surface area (Å²) >= 11 is 0. The van der Waals surface area contributed by atoms with E-state index in [0.29, 0.717) is 35.7 Å². The summed E-state index contributed by atoms with van der Waals surface area (Å²) < 4.78 is 13.5. The lowest BCUT2D eigenvalue weighted by molar-refractivity contribution is -0.125. The van der Waals surface area contributed by atoms with Gasteiger partial charge < -0.3 is 37.1 Å². The summed E-state index contributed by atoms with van der Waals surface area (Å²) in [6.07, 6.45) is -0.154. The number of aliphatic hydroxyl groups is 1. The van der Waals surface area contributed by atoms with E-state index in [-0.39, 0.29) is 25.4 Å². The number of anilines is 1. The smallest absolute Gasteiger partial charge is 0.248 e. The fourth-order valence-electron chi connectivity index (χ4n) is 4.79. The highest BCUT2D eigenvalue weighted by atomic mass is 16.5.